The average molecular weight is 347 g/mol. The van der Waals surface area contributed by atoms with E-state index in [1.807, 2.05) is 36.4 Å². The summed E-state index contributed by atoms with van der Waals surface area (Å²) in [6.45, 7) is 0.0611. The van der Waals surface area contributed by atoms with E-state index < -0.39 is 5.97 Å². The zero-order valence-electron chi connectivity index (χ0n) is 10.9. The maximum Gasteiger partial charge on any atom is 0.339 e. The van der Waals surface area contributed by atoms with Gasteiger partial charge in [-0.3, -0.25) is 0 Å². The average Bonchev–Trinajstić information content (AvgIpc) is 2.95. The third-order valence-electron chi connectivity index (χ3n) is 3.16. The predicted molar refractivity (Wildman–Crippen MR) is 81.6 cm³/mol. The topological polar surface area (TPSA) is 59.7 Å². The fourth-order valence-electron chi connectivity index (χ4n) is 2.11. The number of rotatable bonds is 4. The van der Waals surface area contributed by atoms with Crippen LogP contribution < -0.4 is 4.74 Å². The Hall–Kier alpha value is -2.27. The summed E-state index contributed by atoms with van der Waals surface area (Å²) in [5.74, 6) is -0.0936. The van der Waals surface area contributed by atoms with Crippen LogP contribution in [0, 0.1) is 0 Å². The monoisotopic (exact) mass is 346 g/mol. The van der Waals surface area contributed by atoms with Gasteiger partial charge in [-0.25, -0.2) is 4.79 Å². The number of aromatic carboxylic acids is 1. The highest BCUT2D eigenvalue weighted by molar-refractivity contribution is 9.10. The second-order valence-electron chi connectivity index (χ2n) is 4.45. The number of carboxylic acids is 1. The molecule has 0 amide bonds. The molecule has 2 aromatic carbocycles. The Balaban J connectivity index is 1.87. The lowest BCUT2D eigenvalue weighted by atomic mass is 10.1. The summed E-state index contributed by atoms with van der Waals surface area (Å²) in [5.41, 5.74) is 0.118. The summed E-state index contributed by atoms with van der Waals surface area (Å²) >= 11 is 3.52. The lowest BCUT2D eigenvalue weighted by Gasteiger charge is -2.09. The number of carboxylic acid groups (broad SMARTS) is 1. The zero-order valence-corrected chi connectivity index (χ0v) is 12.5. The number of fused-ring (bicyclic) bond motifs is 1. The molecule has 106 valence electrons. The molecule has 0 radical (unpaired) electrons. The molecule has 1 aromatic heterocycles. The smallest absolute Gasteiger partial charge is 0.339 e. The summed E-state index contributed by atoms with van der Waals surface area (Å²) in [4.78, 5) is 11.0. The molecular formula is C16H11BrO4. The van der Waals surface area contributed by atoms with Crippen LogP contribution in [-0.4, -0.2) is 11.1 Å². The second kappa shape index (κ2) is 5.61. The van der Waals surface area contributed by atoms with E-state index in [1.165, 1.54) is 12.3 Å². The number of furan rings is 1. The molecule has 0 unspecified atom stereocenters. The Morgan fingerprint density at radius 2 is 2.00 bits per heavy atom. The molecule has 21 heavy (non-hydrogen) atoms. The summed E-state index contributed by atoms with van der Waals surface area (Å²) in [5, 5.41) is 11.2. The first-order chi connectivity index (χ1) is 10.2. The van der Waals surface area contributed by atoms with E-state index in [1.54, 1.807) is 0 Å². The molecule has 5 heteroatoms. The molecule has 0 atom stereocenters. The molecule has 1 heterocycles. The van der Waals surface area contributed by atoms with Crippen LogP contribution in [0.4, 0.5) is 0 Å². The second-order valence-corrected chi connectivity index (χ2v) is 5.24. The van der Waals surface area contributed by atoms with Gasteiger partial charge in [0, 0.05) is 0 Å². The van der Waals surface area contributed by atoms with Crippen molar-refractivity contribution in [2.75, 3.05) is 0 Å². The number of hydrogen-bond donors (Lipinski definition) is 1. The minimum absolute atomic E-state index is 0.0611. The number of hydrogen-bond acceptors (Lipinski definition) is 3. The van der Waals surface area contributed by atoms with Gasteiger partial charge in [0.2, 0.25) is 0 Å². The van der Waals surface area contributed by atoms with Crippen LogP contribution in [0.2, 0.25) is 0 Å². The van der Waals surface area contributed by atoms with Gasteiger partial charge in [0.05, 0.1) is 10.7 Å². The van der Waals surface area contributed by atoms with E-state index in [-0.39, 0.29) is 12.2 Å². The Morgan fingerprint density at radius 3 is 2.81 bits per heavy atom. The first-order valence-corrected chi connectivity index (χ1v) is 7.06. The van der Waals surface area contributed by atoms with Gasteiger partial charge in [0.15, 0.2) is 5.76 Å². The van der Waals surface area contributed by atoms with Crippen LogP contribution >= 0.6 is 15.9 Å². The quantitative estimate of drug-likeness (QED) is 0.756. The fourth-order valence-corrected chi connectivity index (χ4v) is 2.72. The molecule has 4 nitrogen and oxygen atoms in total. The summed E-state index contributed by atoms with van der Waals surface area (Å²) in [6, 6.07) is 13.1. The van der Waals surface area contributed by atoms with Crippen LogP contribution in [0.5, 0.6) is 5.75 Å². The molecule has 0 saturated carbocycles. The Labute approximate surface area is 129 Å². The van der Waals surface area contributed by atoms with Crippen LogP contribution in [0.15, 0.2) is 57.6 Å². The van der Waals surface area contributed by atoms with Crippen LogP contribution in [0.25, 0.3) is 10.8 Å². The third kappa shape index (κ3) is 2.64. The SMILES string of the molecule is O=C(O)c1ccoc1COc1ccc2ccccc2c1Br. The molecule has 0 aliphatic heterocycles. The van der Waals surface area contributed by atoms with Crippen molar-refractivity contribution in [3.05, 3.63) is 64.5 Å². The minimum Gasteiger partial charge on any atom is -0.484 e. The van der Waals surface area contributed by atoms with Crippen molar-refractivity contribution in [2.45, 2.75) is 6.61 Å². The molecule has 1 N–H and O–H groups in total. The van der Waals surface area contributed by atoms with E-state index in [2.05, 4.69) is 15.9 Å². The van der Waals surface area contributed by atoms with Crippen LogP contribution in [0.1, 0.15) is 16.1 Å². The molecule has 0 saturated heterocycles. The van der Waals surface area contributed by atoms with Gasteiger partial charge in [-0.05, 0) is 38.8 Å². The van der Waals surface area contributed by atoms with Gasteiger partial charge in [-0.1, -0.05) is 30.3 Å². The van der Waals surface area contributed by atoms with Crippen molar-refractivity contribution in [3.8, 4) is 5.75 Å². The highest BCUT2D eigenvalue weighted by atomic mass is 79.9. The summed E-state index contributed by atoms with van der Waals surface area (Å²) < 4.78 is 11.7. The maximum absolute atomic E-state index is 11.0. The molecule has 3 rings (SSSR count). The van der Waals surface area contributed by atoms with Gasteiger partial charge in [-0.2, -0.15) is 0 Å². The third-order valence-corrected chi connectivity index (χ3v) is 3.98. The van der Waals surface area contributed by atoms with Crippen molar-refractivity contribution in [2.24, 2.45) is 0 Å². The largest absolute Gasteiger partial charge is 0.484 e. The van der Waals surface area contributed by atoms with E-state index in [9.17, 15) is 4.79 Å². The first-order valence-electron chi connectivity index (χ1n) is 6.26. The number of ether oxygens (including phenoxy) is 1. The molecule has 0 aliphatic carbocycles. The van der Waals surface area contributed by atoms with Gasteiger partial charge >= 0.3 is 5.97 Å². The summed E-state index contributed by atoms with van der Waals surface area (Å²) in [6.07, 6.45) is 1.34. The molecule has 0 spiro atoms. The van der Waals surface area contributed by atoms with E-state index >= 15 is 0 Å². The Kier molecular flexibility index (Phi) is 3.66. The first kappa shape index (κ1) is 13.7. The van der Waals surface area contributed by atoms with E-state index in [4.69, 9.17) is 14.3 Å². The van der Waals surface area contributed by atoms with Crippen LogP contribution in [-0.2, 0) is 6.61 Å². The van der Waals surface area contributed by atoms with Crippen molar-refractivity contribution in [1.29, 1.82) is 0 Å². The lowest BCUT2D eigenvalue weighted by Crippen LogP contribution is -2.02. The van der Waals surface area contributed by atoms with Gasteiger partial charge in [-0.15, -0.1) is 0 Å². The van der Waals surface area contributed by atoms with Crippen molar-refractivity contribution < 1.29 is 19.1 Å². The fraction of sp³-hybridized carbons (Fsp3) is 0.0625. The van der Waals surface area contributed by atoms with E-state index in [0.29, 0.717) is 11.5 Å². The summed E-state index contributed by atoms with van der Waals surface area (Å²) in [7, 11) is 0. The maximum atomic E-state index is 11.0. The highest BCUT2D eigenvalue weighted by Gasteiger charge is 2.14. The molecule has 3 aromatic rings. The number of carbonyl (C=O) groups is 1. The predicted octanol–water partition coefficient (Wildman–Crippen LogP) is 4.47. The molecule has 0 aliphatic rings. The Morgan fingerprint density at radius 1 is 1.19 bits per heavy atom. The minimum atomic E-state index is -1.03. The van der Waals surface area contributed by atoms with Crippen molar-refractivity contribution in [3.63, 3.8) is 0 Å². The molecule has 0 bridgehead atoms. The molecular weight excluding hydrogens is 336 g/mol. The zero-order chi connectivity index (χ0) is 14.8. The Bertz CT molecular complexity index is 807. The van der Waals surface area contributed by atoms with Gasteiger partial charge < -0.3 is 14.3 Å². The van der Waals surface area contributed by atoms with Crippen LogP contribution in [0.3, 0.4) is 0 Å². The molecule has 0 fully saturated rings. The number of benzene rings is 2. The van der Waals surface area contributed by atoms with Gasteiger partial charge in [0.1, 0.15) is 17.9 Å². The van der Waals surface area contributed by atoms with Gasteiger partial charge in [0.25, 0.3) is 0 Å². The highest BCUT2D eigenvalue weighted by Crippen LogP contribution is 2.33. The van der Waals surface area contributed by atoms with E-state index in [0.717, 1.165) is 15.2 Å². The van der Waals surface area contributed by atoms with Crippen molar-refractivity contribution in [1.82, 2.24) is 0 Å². The van der Waals surface area contributed by atoms with Crippen molar-refractivity contribution >= 4 is 32.7 Å². The number of halogens is 1. The lowest BCUT2D eigenvalue weighted by molar-refractivity contribution is 0.0692. The normalized spacial score (nSPS) is 10.7. The standard InChI is InChI=1S/C16H11BrO4/c17-15-11-4-2-1-3-10(11)5-6-13(15)21-9-14-12(16(18)19)7-8-20-14/h1-8H,9H2,(H,18,19).